The van der Waals surface area contributed by atoms with E-state index >= 15 is 0 Å². The van der Waals surface area contributed by atoms with E-state index in [1.54, 1.807) is 91.0 Å². The van der Waals surface area contributed by atoms with Crippen LogP contribution in [0.15, 0.2) is 91.0 Å². The molecule has 8 nitrogen and oxygen atoms in total. The third-order valence-electron chi connectivity index (χ3n) is 5.18. The van der Waals surface area contributed by atoms with Gasteiger partial charge in [0.05, 0.1) is 16.7 Å². The first-order chi connectivity index (χ1) is 16.5. The molecule has 0 amide bonds. The molecule has 174 valence electrons. The first-order valence-corrected chi connectivity index (χ1v) is 10.6. The maximum absolute atomic E-state index is 12.7. The standard InChI is InChI=1S/C26H22O8/c27-23(17-10-4-1-5-11-17)31-16-20-21(33-24(28)18-12-6-2-7-13-18)22(26(30)32-20)34-25(29)19-14-8-3-9-15-19/h1-15,20-22,26,30H,16H2/t20-,21-,22-,26+/m0/s1. The highest BCUT2D eigenvalue weighted by Gasteiger charge is 2.50. The Bertz CT molecular complexity index is 1120. The molecule has 0 bridgehead atoms. The highest BCUT2D eigenvalue weighted by atomic mass is 16.7. The van der Waals surface area contributed by atoms with Gasteiger partial charge in [0.15, 0.2) is 18.5 Å². The van der Waals surface area contributed by atoms with E-state index in [-0.39, 0.29) is 17.7 Å². The first-order valence-electron chi connectivity index (χ1n) is 10.6. The molecule has 0 spiro atoms. The van der Waals surface area contributed by atoms with Crippen molar-refractivity contribution in [2.75, 3.05) is 6.61 Å². The van der Waals surface area contributed by atoms with Gasteiger partial charge in [-0.15, -0.1) is 0 Å². The van der Waals surface area contributed by atoms with Crippen LogP contribution < -0.4 is 0 Å². The Morgan fingerprint density at radius 2 is 1.06 bits per heavy atom. The van der Waals surface area contributed by atoms with Gasteiger partial charge in [-0.2, -0.15) is 0 Å². The van der Waals surface area contributed by atoms with E-state index in [1.165, 1.54) is 0 Å². The van der Waals surface area contributed by atoms with Gasteiger partial charge in [0.25, 0.3) is 0 Å². The molecule has 1 aliphatic heterocycles. The fourth-order valence-electron chi connectivity index (χ4n) is 3.46. The van der Waals surface area contributed by atoms with Gasteiger partial charge in [0.2, 0.25) is 0 Å². The maximum atomic E-state index is 12.7. The third kappa shape index (κ3) is 5.48. The van der Waals surface area contributed by atoms with Crippen molar-refractivity contribution >= 4 is 17.9 Å². The second-order valence-corrected chi connectivity index (χ2v) is 7.50. The van der Waals surface area contributed by atoms with E-state index in [0.717, 1.165) is 0 Å². The van der Waals surface area contributed by atoms with Gasteiger partial charge in [-0.25, -0.2) is 14.4 Å². The Kier molecular flexibility index (Phi) is 7.31. The van der Waals surface area contributed by atoms with Crippen LogP contribution in [0.3, 0.4) is 0 Å². The number of hydrogen-bond donors (Lipinski definition) is 1. The van der Waals surface area contributed by atoms with Crippen LogP contribution in [0.2, 0.25) is 0 Å². The Morgan fingerprint density at radius 3 is 1.53 bits per heavy atom. The summed E-state index contributed by atoms with van der Waals surface area (Å²) in [6.07, 6.45) is -5.22. The van der Waals surface area contributed by atoms with Gasteiger partial charge in [0, 0.05) is 0 Å². The number of carbonyl (C=O) groups is 3. The largest absolute Gasteiger partial charge is 0.459 e. The van der Waals surface area contributed by atoms with Crippen molar-refractivity contribution in [3.63, 3.8) is 0 Å². The van der Waals surface area contributed by atoms with Crippen molar-refractivity contribution < 1.29 is 38.4 Å². The van der Waals surface area contributed by atoms with Crippen LogP contribution in [0.4, 0.5) is 0 Å². The van der Waals surface area contributed by atoms with E-state index in [0.29, 0.717) is 5.56 Å². The van der Waals surface area contributed by atoms with Crippen molar-refractivity contribution in [1.82, 2.24) is 0 Å². The quantitative estimate of drug-likeness (QED) is 0.422. The lowest BCUT2D eigenvalue weighted by molar-refractivity contribution is -0.135. The molecular formula is C26H22O8. The summed E-state index contributed by atoms with van der Waals surface area (Å²) in [5, 5.41) is 10.5. The van der Waals surface area contributed by atoms with E-state index in [9.17, 15) is 19.5 Å². The average molecular weight is 462 g/mol. The molecule has 1 aliphatic rings. The Balaban J connectivity index is 1.51. The minimum atomic E-state index is -1.60. The summed E-state index contributed by atoms with van der Waals surface area (Å²) in [6, 6.07) is 24.7. The number of esters is 3. The van der Waals surface area contributed by atoms with Gasteiger partial charge < -0.3 is 24.1 Å². The zero-order chi connectivity index (χ0) is 23.9. The van der Waals surface area contributed by atoms with Crippen molar-refractivity contribution in [1.29, 1.82) is 0 Å². The Morgan fingerprint density at radius 1 is 0.647 bits per heavy atom. The number of ether oxygens (including phenoxy) is 4. The Hall–Kier alpha value is -4.01. The summed E-state index contributed by atoms with van der Waals surface area (Å²) in [5.74, 6) is -2.05. The third-order valence-corrected chi connectivity index (χ3v) is 5.18. The molecule has 8 heteroatoms. The van der Waals surface area contributed by atoms with Crippen LogP contribution in [-0.2, 0) is 18.9 Å². The smallest absolute Gasteiger partial charge is 0.338 e. The van der Waals surface area contributed by atoms with E-state index in [4.69, 9.17) is 18.9 Å². The summed E-state index contributed by atoms with van der Waals surface area (Å²) in [7, 11) is 0. The minimum absolute atomic E-state index is 0.252. The minimum Gasteiger partial charge on any atom is -0.459 e. The molecule has 0 saturated carbocycles. The first kappa shape index (κ1) is 23.2. The summed E-state index contributed by atoms with van der Waals surface area (Å²) >= 11 is 0. The van der Waals surface area contributed by atoms with Crippen LogP contribution in [0.5, 0.6) is 0 Å². The molecule has 1 N–H and O–H groups in total. The number of aliphatic hydroxyl groups excluding tert-OH is 1. The number of carbonyl (C=O) groups excluding carboxylic acids is 3. The summed E-state index contributed by atoms with van der Waals surface area (Å²) < 4.78 is 21.8. The van der Waals surface area contributed by atoms with E-state index in [1.807, 2.05) is 0 Å². The molecule has 0 aliphatic carbocycles. The van der Waals surface area contributed by atoms with E-state index < -0.39 is 42.5 Å². The van der Waals surface area contributed by atoms with Crippen LogP contribution in [0, 0.1) is 0 Å². The number of hydrogen-bond acceptors (Lipinski definition) is 8. The van der Waals surface area contributed by atoms with E-state index in [2.05, 4.69) is 0 Å². The van der Waals surface area contributed by atoms with Gasteiger partial charge in [-0.05, 0) is 36.4 Å². The molecule has 4 atom stereocenters. The van der Waals surface area contributed by atoms with Crippen molar-refractivity contribution in [3.05, 3.63) is 108 Å². The molecule has 34 heavy (non-hydrogen) atoms. The Labute approximate surface area is 195 Å². The number of aliphatic hydroxyl groups is 1. The lowest BCUT2D eigenvalue weighted by Gasteiger charge is -2.23. The van der Waals surface area contributed by atoms with Crippen LogP contribution >= 0.6 is 0 Å². The molecule has 1 fully saturated rings. The highest BCUT2D eigenvalue weighted by molar-refractivity contribution is 5.90. The SMILES string of the molecule is O=C(OC[C@@H]1O[C@@H](O)[C@@H](OC(=O)c2ccccc2)[C@H]1OC(=O)c1ccccc1)c1ccccc1. The van der Waals surface area contributed by atoms with Crippen LogP contribution in [0.1, 0.15) is 31.1 Å². The molecule has 0 unspecified atom stereocenters. The van der Waals surface area contributed by atoms with Crippen LogP contribution in [-0.4, -0.2) is 54.2 Å². The van der Waals surface area contributed by atoms with Crippen molar-refractivity contribution in [3.8, 4) is 0 Å². The van der Waals surface area contributed by atoms with Gasteiger partial charge in [-0.1, -0.05) is 54.6 Å². The predicted molar refractivity (Wildman–Crippen MR) is 119 cm³/mol. The lowest BCUT2D eigenvalue weighted by atomic mass is 10.1. The molecule has 1 saturated heterocycles. The summed E-state index contributed by atoms with van der Waals surface area (Å²) in [6.45, 7) is -0.336. The summed E-state index contributed by atoms with van der Waals surface area (Å²) in [4.78, 5) is 37.6. The van der Waals surface area contributed by atoms with Crippen molar-refractivity contribution in [2.24, 2.45) is 0 Å². The topological polar surface area (TPSA) is 108 Å². The monoisotopic (exact) mass is 462 g/mol. The second kappa shape index (κ2) is 10.7. The van der Waals surface area contributed by atoms with Gasteiger partial charge >= 0.3 is 17.9 Å². The zero-order valence-electron chi connectivity index (χ0n) is 18.0. The molecular weight excluding hydrogens is 440 g/mol. The number of benzene rings is 3. The highest BCUT2D eigenvalue weighted by Crippen LogP contribution is 2.28. The zero-order valence-corrected chi connectivity index (χ0v) is 18.0. The second-order valence-electron chi connectivity index (χ2n) is 7.50. The molecule has 3 aromatic rings. The maximum Gasteiger partial charge on any atom is 0.338 e. The van der Waals surface area contributed by atoms with Crippen molar-refractivity contribution in [2.45, 2.75) is 24.6 Å². The molecule has 0 radical (unpaired) electrons. The normalized spacial score (nSPS) is 21.4. The van der Waals surface area contributed by atoms with Gasteiger partial charge in [0.1, 0.15) is 12.7 Å². The van der Waals surface area contributed by atoms with Crippen LogP contribution in [0.25, 0.3) is 0 Å². The summed E-state index contributed by atoms with van der Waals surface area (Å²) in [5.41, 5.74) is 0.838. The molecule has 1 heterocycles. The fourth-order valence-corrected chi connectivity index (χ4v) is 3.46. The molecule has 4 rings (SSSR count). The molecule has 3 aromatic carbocycles. The lowest BCUT2D eigenvalue weighted by Crippen LogP contribution is -2.42. The predicted octanol–water partition coefficient (Wildman–Crippen LogP) is 3.01. The average Bonchev–Trinajstić information content (AvgIpc) is 3.17. The fraction of sp³-hybridized carbons (Fsp3) is 0.192. The number of rotatable bonds is 7. The van der Waals surface area contributed by atoms with Gasteiger partial charge in [-0.3, -0.25) is 0 Å². The molecule has 0 aromatic heterocycles.